The average molecular weight is 417 g/mol. The molecule has 120 valence electrons. The van der Waals surface area contributed by atoms with E-state index in [0.717, 1.165) is 7.25 Å². The van der Waals surface area contributed by atoms with Gasteiger partial charge < -0.3 is 24.8 Å². The van der Waals surface area contributed by atoms with Crippen LogP contribution in [0.4, 0.5) is 0 Å². The van der Waals surface area contributed by atoms with Crippen LogP contribution in [0.15, 0.2) is 43.8 Å². The summed E-state index contributed by atoms with van der Waals surface area (Å²) in [6.07, 6.45) is 14.6. The molecule has 0 radical (unpaired) electrons. The fourth-order valence-corrected chi connectivity index (χ4v) is 22.5. The van der Waals surface area contributed by atoms with Crippen molar-refractivity contribution in [3.05, 3.63) is 43.8 Å². The number of allylic oxidation sites excluding steroid dienone is 8. The van der Waals surface area contributed by atoms with Crippen molar-refractivity contribution in [1.82, 2.24) is 0 Å². The Hall–Kier alpha value is 0.423. The Morgan fingerprint density at radius 1 is 1.09 bits per heavy atom. The van der Waals surface area contributed by atoms with Gasteiger partial charge in [0.1, 0.15) is 0 Å². The van der Waals surface area contributed by atoms with Gasteiger partial charge in [-0.05, 0) is 0 Å². The maximum absolute atomic E-state index is 2.66. The third-order valence-corrected chi connectivity index (χ3v) is 21.5. The SMILES string of the molecule is CC1=CC[C]([Zr+2]2([CH]3C=CC4=C3CCCC4)[CH2][CH]2C)=C1C.[Cl-].[Cl-]. The second kappa shape index (κ2) is 6.74. The van der Waals surface area contributed by atoms with Gasteiger partial charge in [-0.15, -0.1) is 0 Å². The van der Waals surface area contributed by atoms with Crippen molar-refractivity contribution in [2.24, 2.45) is 0 Å². The number of rotatable bonds is 2. The van der Waals surface area contributed by atoms with Gasteiger partial charge in [0.2, 0.25) is 0 Å². The van der Waals surface area contributed by atoms with E-state index in [4.69, 9.17) is 0 Å². The molecular formula is C19H26Cl2Zr. The quantitative estimate of drug-likeness (QED) is 0.605. The van der Waals surface area contributed by atoms with Crippen molar-refractivity contribution in [1.29, 1.82) is 0 Å². The first-order chi connectivity index (χ1) is 9.64. The minimum absolute atomic E-state index is 0. The van der Waals surface area contributed by atoms with E-state index in [1.807, 2.05) is 8.85 Å². The van der Waals surface area contributed by atoms with Crippen molar-refractivity contribution in [2.75, 3.05) is 0 Å². The van der Waals surface area contributed by atoms with Crippen molar-refractivity contribution < 1.29 is 45.1 Å². The van der Waals surface area contributed by atoms with Gasteiger partial charge in [-0.3, -0.25) is 0 Å². The summed E-state index contributed by atoms with van der Waals surface area (Å²) in [5.41, 5.74) is 6.93. The molecule has 4 aliphatic rings. The largest absolute Gasteiger partial charge is 1.00 e. The van der Waals surface area contributed by atoms with Gasteiger partial charge >= 0.3 is 128 Å². The third-order valence-electron chi connectivity index (χ3n) is 6.56. The molecule has 3 unspecified atom stereocenters. The van der Waals surface area contributed by atoms with E-state index < -0.39 is 20.3 Å². The fourth-order valence-electron chi connectivity index (χ4n) is 5.14. The molecular weight excluding hydrogens is 390 g/mol. The zero-order chi connectivity index (χ0) is 13.9. The molecule has 3 atom stereocenters. The van der Waals surface area contributed by atoms with E-state index in [2.05, 4.69) is 39.0 Å². The van der Waals surface area contributed by atoms with E-state index >= 15 is 0 Å². The molecule has 1 fully saturated rings. The minimum atomic E-state index is -2.10. The molecule has 22 heavy (non-hydrogen) atoms. The first-order valence-corrected chi connectivity index (χ1v) is 14.2. The molecule has 0 bridgehead atoms. The summed E-state index contributed by atoms with van der Waals surface area (Å²) in [7, 11) is 0. The van der Waals surface area contributed by atoms with Crippen LogP contribution < -0.4 is 24.8 Å². The van der Waals surface area contributed by atoms with Crippen LogP contribution in [-0.4, -0.2) is 0 Å². The number of hydrogen-bond donors (Lipinski definition) is 0. The molecule has 0 aromatic heterocycles. The summed E-state index contributed by atoms with van der Waals surface area (Å²) in [6, 6.07) is 0. The maximum atomic E-state index is 2.66. The first kappa shape index (κ1) is 18.8. The smallest absolute Gasteiger partial charge is 1.00 e. The molecule has 0 amide bonds. The van der Waals surface area contributed by atoms with E-state index in [1.165, 1.54) is 32.1 Å². The van der Waals surface area contributed by atoms with Gasteiger partial charge in [0.15, 0.2) is 0 Å². The molecule has 0 nitrogen and oxygen atoms in total. The molecule has 4 rings (SSSR count). The van der Waals surface area contributed by atoms with E-state index in [1.54, 1.807) is 20.8 Å². The topological polar surface area (TPSA) is 0 Å². The summed E-state index contributed by atoms with van der Waals surface area (Å²) in [6.45, 7) is 7.30. The van der Waals surface area contributed by atoms with Gasteiger partial charge in [-0.25, -0.2) is 0 Å². The van der Waals surface area contributed by atoms with Crippen molar-refractivity contribution in [3.63, 3.8) is 0 Å². The molecule has 3 aliphatic carbocycles. The zero-order valence-corrected chi connectivity index (χ0v) is 17.9. The molecule has 1 aliphatic heterocycles. The van der Waals surface area contributed by atoms with Crippen LogP contribution in [0.5, 0.6) is 0 Å². The van der Waals surface area contributed by atoms with E-state index in [0.29, 0.717) is 0 Å². The standard InChI is InChI=1S/C9H11.C7H9.C3H6.2ClH.Zr/c1-2-5-9-7-3-6-8(9)4-1;1-6-4-3-5-7(6)2;1-3-2;;;/h3,6-7H,1-2,4-5H2;4H,3H2,1-2H3;3H,1H2,2H3;2*1H;/q;;;;;+2/p-2. The molecule has 1 saturated heterocycles. The fraction of sp³-hybridized carbons (Fsp3) is 0.579. The summed E-state index contributed by atoms with van der Waals surface area (Å²) in [5.74, 6) is 0. The van der Waals surface area contributed by atoms with Crippen LogP contribution in [0.25, 0.3) is 0 Å². The molecule has 0 spiro atoms. The van der Waals surface area contributed by atoms with Crippen LogP contribution in [-0.2, 0) is 20.3 Å². The first-order valence-electron chi connectivity index (χ1n) is 8.42. The predicted molar refractivity (Wildman–Crippen MR) is 83.7 cm³/mol. The van der Waals surface area contributed by atoms with Crippen LogP contribution >= 0.6 is 0 Å². The molecule has 0 aromatic carbocycles. The van der Waals surface area contributed by atoms with Gasteiger partial charge in [0.25, 0.3) is 0 Å². The van der Waals surface area contributed by atoms with Crippen LogP contribution in [0.1, 0.15) is 52.9 Å². The van der Waals surface area contributed by atoms with Crippen LogP contribution in [0.3, 0.4) is 0 Å². The normalized spacial score (nSPS) is 33.0. The molecule has 3 heteroatoms. The molecule has 0 saturated carbocycles. The monoisotopic (exact) mass is 414 g/mol. The third kappa shape index (κ3) is 2.60. The van der Waals surface area contributed by atoms with Gasteiger partial charge in [-0.1, -0.05) is 0 Å². The van der Waals surface area contributed by atoms with Gasteiger partial charge in [-0.2, -0.15) is 0 Å². The Labute approximate surface area is 152 Å². The van der Waals surface area contributed by atoms with Crippen LogP contribution in [0.2, 0.25) is 11.4 Å². The molecule has 0 N–H and O–H groups in total. The summed E-state index contributed by atoms with van der Waals surface area (Å²) < 4.78 is 5.63. The van der Waals surface area contributed by atoms with Gasteiger partial charge in [0, 0.05) is 0 Å². The van der Waals surface area contributed by atoms with Crippen molar-refractivity contribution in [2.45, 2.75) is 64.3 Å². The minimum Gasteiger partial charge on any atom is -1.00 e. The predicted octanol–water partition coefficient (Wildman–Crippen LogP) is 0.242. The Bertz CT molecular complexity index is 597. The average Bonchev–Trinajstić information content (AvgIpc) is 2.82. The summed E-state index contributed by atoms with van der Waals surface area (Å²) >= 11 is -2.10. The summed E-state index contributed by atoms with van der Waals surface area (Å²) in [5, 5.41) is 0. The molecule has 1 heterocycles. The van der Waals surface area contributed by atoms with Crippen LogP contribution in [0, 0.1) is 0 Å². The second-order valence-electron chi connectivity index (χ2n) is 7.43. The Balaban J connectivity index is 0.000000882. The van der Waals surface area contributed by atoms with Crippen molar-refractivity contribution in [3.8, 4) is 0 Å². The Morgan fingerprint density at radius 2 is 1.77 bits per heavy atom. The van der Waals surface area contributed by atoms with E-state index in [9.17, 15) is 0 Å². The van der Waals surface area contributed by atoms with Gasteiger partial charge in [0.05, 0.1) is 0 Å². The maximum Gasteiger partial charge on any atom is -1.00 e. The zero-order valence-electron chi connectivity index (χ0n) is 13.9. The number of halogens is 2. The Morgan fingerprint density at radius 3 is 2.36 bits per heavy atom. The Kier molecular flexibility index (Phi) is 5.74. The van der Waals surface area contributed by atoms with Crippen molar-refractivity contribution >= 4 is 0 Å². The van der Waals surface area contributed by atoms with E-state index in [-0.39, 0.29) is 24.8 Å². The summed E-state index contributed by atoms with van der Waals surface area (Å²) in [4.78, 5) is 0. The second-order valence-corrected chi connectivity index (χ2v) is 19.0. The molecule has 0 aromatic rings. The number of hydrogen-bond acceptors (Lipinski definition) is 0.